The Morgan fingerprint density at radius 2 is 1.80 bits per heavy atom. The van der Waals surface area contributed by atoms with Gasteiger partial charge in [-0.2, -0.15) is 0 Å². The van der Waals surface area contributed by atoms with Crippen LogP contribution in [0.4, 0.5) is 11.4 Å². The van der Waals surface area contributed by atoms with Crippen LogP contribution in [0.1, 0.15) is 5.69 Å². The molecule has 0 atom stereocenters. The molecule has 0 amide bonds. The summed E-state index contributed by atoms with van der Waals surface area (Å²) < 4.78 is 1.02. The van der Waals surface area contributed by atoms with Crippen molar-refractivity contribution in [2.24, 2.45) is 0 Å². The molecule has 0 bridgehead atoms. The molecule has 0 aliphatic carbocycles. The van der Waals surface area contributed by atoms with Gasteiger partial charge in [-0.15, -0.1) is 0 Å². The van der Waals surface area contributed by atoms with Gasteiger partial charge in [0.05, 0.1) is 5.52 Å². The van der Waals surface area contributed by atoms with E-state index in [-0.39, 0.29) is 5.75 Å². The molecule has 20 heavy (non-hydrogen) atoms. The standard InChI is InChI=1S/C16H13BrN2O/c1-10-8-16(19-12-3-5-13(20)6-4-12)14-9-11(17)2-7-15(14)18-10/h2-9,20H,1H3,(H,18,19). The third-order valence-corrected chi connectivity index (χ3v) is 3.54. The number of pyridine rings is 1. The van der Waals surface area contributed by atoms with E-state index in [2.05, 4.69) is 26.2 Å². The zero-order chi connectivity index (χ0) is 14.1. The van der Waals surface area contributed by atoms with Crippen molar-refractivity contribution in [3.05, 3.63) is 58.7 Å². The molecule has 0 radical (unpaired) electrons. The lowest BCUT2D eigenvalue weighted by molar-refractivity contribution is 0.475. The van der Waals surface area contributed by atoms with Crippen molar-refractivity contribution in [2.75, 3.05) is 5.32 Å². The molecule has 1 heterocycles. The second-order valence-electron chi connectivity index (χ2n) is 4.64. The van der Waals surface area contributed by atoms with Gasteiger partial charge in [0.15, 0.2) is 0 Å². The zero-order valence-electron chi connectivity index (χ0n) is 10.9. The maximum Gasteiger partial charge on any atom is 0.115 e. The monoisotopic (exact) mass is 328 g/mol. The number of nitrogens with zero attached hydrogens (tertiary/aromatic N) is 1. The quantitative estimate of drug-likeness (QED) is 0.667. The number of phenolic OH excluding ortho intramolecular Hbond substituents is 1. The number of rotatable bonds is 2. The number of hydrogen-bond acceptors (Lipinski definition) is 3. The number of fused-ring (bicyclic) bond motifs is 1. The van der Waals surface area contributed by atoms with E-state index in [0.717, 1.165) is 32.4 Å². The molecule has 0 aliphatic heterocycles. The number of aromatic hydroxyl groups is 1. The summed E-state index contributed by atoms with van der Waals surface area (Å²) in [7, 11) is 0. The number of anilines is 2. The molecule has 0 saturated carbocycles. The highest BCUT2D eigenvalue weighted by Gasteiger charge is 2.05. The second kappa shape index (κ2) is 5.13. The first-order valence-electron chi connectivity index (χ1n) is 6.25. The van der Waals surface area contributed by atoms with Gasteiger partial charge >= 0.3 is 0 Å². The van der Waals surface area contributed by atoms with Gasteiger partial charge in [-0.25, -0.2) is 0 Å². The van der Waals surface area contributed by atoms with Crippen LogP contribution in [0.25, 0.3) is 10.9 Å². The van der Waals surface area contributed by atoms with Gasteiger partial charge in [0.25, 0.3) is 0 Å². The molecule has 2 aromatic carbocycles. The maximum absolute atomic E-state index is 9.33. The summed E-state index contributed by atoms with van der Waals surface area (Å²) in [5.41, 5.74) is 3.84. The predicted octanol–water partition coefficient (Wildman–Crippen LogP) is 4.75. The Hall–Kier alpha value is -2.07. The first kappa shape index (κ1) is 12.9. The summed E-state index contributed by atoms with van der Waals surface area (Å²) in [4.78, 5) is 4.53. The van der Waals surface area contributed by atoms with Gasteiger partial charge in [0.1, 0.15) is 5.75 Å². The van der Waals surface area contributed by atoms with Crippen LogP contribution in [-0.4, -0.2) is 10.1 Å². The lowest BCUT2D eigenvalue weighted by Crippen LogP contribution is -1.94. The van der Waals surface area contributed by atoms with Crippen LogP contribution < -0.4 is 5.32 Å². The highest BCUT2D eigenvalue weighted by Crippen LogP contribution is 2.29. The van der Waals surface area contributed by atoms with Crippen LogP contribution in [-0.2, 0) is 0 Å². The molecule has 0 fully saturated rings. The summed E-state index contributed by atoms with van der Waals surface area (Å²) in [5.74, 6) is 0.258. The molecule has 3 rings (SSSR count). The largest absolute Gasteiger partial charge is 0.508 e. The smallest absolute Gasteiger partial charge is 0.115 e. The van der Waals surface area contributed by atoms with Crippen molar-refractivity contribution in [3.8, 4) is 5.75 Å². The number of aryl methyl sites for hydroxylation is 1. The molecule has 100 valence electrons. The Labute approximate surface area is 125 Å². The molecule has 0 spiro atoms. The molecular formula is C16H13BrN2O. The zero-order valence-corrected chi connectivity index (χ0v) is 12.5. The number of nitrogens with one attached hydrogen (secondary N) is 1. The van der Waals surface area contributed by atoms with Gasteiger partial charge in [0, 0.05) is 26.9 Å². The van der Waals surface area contributed by atoms with Crippen molar-refractivity contribution in [1.82, 2.24) is 4.98 Å². The molecule has 0 aliphatic rings. The van der Waals surface area contributed by atoms with E-state index in [1.807, 2.05) is 43.3 Å². The Balaban J connectivity index is 2.10. The average molecular weight is 329 g/mol. The van der Waals surface area contributed by atoms with Crippen molar-refractivity contribution < 1.29 is 5.11 Å². The summed E-state index contributed by atoms with van der Waals surface area (Å²) in [6, 6.07) is 15.0. The predicted molar refractivity (Wildman–Crippen MR) is 85.6 cm³/mol. The van der Waals surface area contributed by atoms with E-state index >= 15 is 0 Å². The summed E-state index contributed by atoms with van der Waals surface area (Å²) in [6.07, 6.45) is 0. The van der Waals surface area contributed by atoms with Crippen LogP contribution >= 0.6 is 15.9 Å². The van der Waals surface area contributed by atoms with Crippen molar-refractivity contribution in [3.63, 3.8) is 0 Å². The SMILES string of the molecule is Cc1cc(Nc2ccc(O)cc2)c2cc(Br)ccc2n1. The number of phenols is 1. The lowest BCUT2D eigenvalue weighted by atomic mass is 10.1. The van der Waals surface area contributed by atoms with Crippen LogP contribution in [0.3, 0.4) is 0 Å². The minimum absolute atomic E-state index is 0.258. The molecular weight excluding hydrogens is 316 g/mol. The highest BCUT2D eigenvalue weighted by molar-refractivity contribution is 9.10. The van der Waals surface area contributed by atoms with E-state index in [9.17, 15) is 5.11 Å². The van der Waals surface area contributed by atoms with Gasteiger partial charge in [0.2, 0.25) is 0 Å². The lowest BCUT2D eigenvalue weighted by Gasteiger charge is -2.11. The minimum atomic E-state index is 0.258. The molecule has 3 nitrogen and oxygen atoms in total. The van der Waals surface area contributed by atoms with Gasteiger partial charge in [-0.05, 0) is 55.5 Å². The maximum atomic E-state index is 9.33. The van der Waals surface area contributed by atoms with Crippen molar-refractivity contribution in [2.45, 2.75) is 6.92 Å². The molecule has 3 aromatic rings. The fraction of sp³-hybridized carbons (Fsp3) is 0.0625. The third-order valence-electron chi connectivity index (χ3n) is 3.05. The van der Waals surface area contributed by atoms with E-state index < -0.39 is 0 Å². The van der Waals surface area contributed by atoms with Crippen LogP contribution in [0, 0.1) is 6.92 Å². The molecule has 0 saturated heterocycles. The molecule has 1 aromatic heterocycles. The van der Waals surface area contributed by atoms with E-state index in [0.29, 0.717) is 0 Å². The average Bonchev–Trinajstić information content (AvgIpc) is 2.42. The minimum Gasteiger partial charge on any atom is -0.508 e. The van der Waals surface area contributed by atoms with Crippen molar-refractivity contribution >= 4 is 38.2 Å². The highest BCUT2D eigenvalue weighted by atomic mass is 79.9. The normalized spacial score (nSPS) is 10.7. The first-order chi connectivity index (χ1) is 9.61. The van der Waals surface area contributed by atoms with Crippen LogP contribution in [0.2, 0.25) is 0 Å². The topological polar surface area (TPSA) is 45.1 Å². The van der Waals surface area contributed by atoms with Gasteiger partial charge < -0.3 is 10.4 Å². The summed E-state index contributed by atoms with van der Waals surface area (Å²) in [6.45, 7) is 1.98. The number of halogens is 1. The summed E-state index contributed by atoms with van der Waals surface area (Å²) in [5, 5.41) is 13.8. The number of benzene rings is 2. The fourth-order valence-corrected chi connectivity index (χ4v) is 2.50. The van der Waals surface area contributed by atoms with E-state index in [1.165, 1.54) is 0 Å². The Bertz CT molecular complexity index is 769. The summed E-state index contributed by atoms with van der Waals surface area (Å²) >= 11 is 3.49. The first-order valence-corrected chi connectivity index (χ1v) is 7.04. The number of aromatic nitrogens is 1. The van der Waals surface area contributed by atoms with Crippen molar-refractivity contribution in [1.29, 1.82) is 0 Å². The number of hydrogen-bond donors (Lipinski definition) is 2. The van der Waals surface area contributed by atoms with E-state index in [4.69, 9.17) is 0 Å². The van der Waals surface area contributed by atoms with Gasteiger partial charge in [-0.3, -0.25) is 4.98 Å². The second-order valence-corrected chi connectivity index (χ2v) is 5.56. The molecule has 0 unspecified atom stereocenters. The third kappa shape index (κ3) is 2.60. The fourth-order valence-electron chi connectivity index (χ4n) is 2.13. The molecule has 2 N–H and O–H groups in total. The van der Waals surface area contributed by atoms with Crippen LogP contribution in [0.15, 0.2) is 53.0 Å². The Morgan fingerprint density at radius 3 is 2.55 bits per heavy atom. The Kier molecular flexibility index (Phi) is 3.32. The van der Waals surface area contributed by atoms with Gasteiger partial charge in [-0.1, -0.05) is 15.9 Å². The Morgan fingerprint density at radius 1 is 1.05 bits per heavy atom. The van der Waals surface area contributed by atoms with Crippen LogP contribution in [0.5, 0.6) is 5.75 Å². The van der Waals surface area contributed by atoms with E-state index in [1.54, 1.807) is 12.1 Å². The molecule has 4 heteroatoms.